The molecule has 0 radical (unpaired) electrons. The molecule has 1 atom stereocenters. The van der Waals surface area contributed by atoms with E-state index >= 15 is 0 Å². The molecule has 0 amide bonds. The Labute approximate surface area is 138 Å². The van der Waals surface area contributed by atoms with Gasteiger partial charge in [0.05, 0.1) is 10.6 Å². The zero-order valence-corrected chi connectivity index (χ0v) is 14.0. The highest BCUT2D eigenvalue weighted by Crippen LogP contribution is 2.29. The van der Waals surface area contributed by atoms with Gasteiger partial charge in [-0.05, 0) is 31.2 Å². The molecule has 1 aromatic heterocycles. The van der Waals surface area contributed by atoms with Crippen LogP contribution in [-0.4, -0.2) is 24.9 Å². The molecule has 1 aliphatic carbocycles. The van der Waals surface area contributed by atoms with Crippen molar-refractivity contribution in [2.24, 2.45) is 0 Å². The Kier molecular flexibility index (Phi) is 3.83. The highest BCUT2D eigenvalue weighted by atomic mass is 32.2. The third kappa shape index (κ3) is 3.12. The number of sulfone groups is 1. The van der Waals surface area contributed by atoms with E-state index in [9.17, 15) is 17.6 Å². The van der Waals surface area contributed by atoms with E-state index in [1.54, 1.807) is 18.2 Å². The van der Waals surface area contributed by atoms with E-state index in [2.05, 4.69) is 0 Å². The number of halogens is 1. The number of oxazole rings is 1. The van der Waals surface area contributed by atoms with Crippen LogP contribution >= 0.6 is 0 Å². The molecule has 0 saturated heterocycles. The van der Waals surface area contributed by atoms with E-state index in [1.165, 1.54) is 42.0 Å². The third-order valence-electron chi connectivity index (χ3n) is 3.84. The first kappa shape index (κ1) is 16.4. The van der Waals surface area contributed by atoms with Crippen LogP contribution in [0.5, 0.6) is 0 Å². The van der Waals surface area contributed by atoms with Crippen molar-refractivity contribution in [3.05, 3.63) is 59.3 Å². The molecule has 24 heavy (non-hydrogen) atoms. The van der Waals surface area contributed by atoms with Crippen LogP contribution in [0.2, 0.25) is 0 Å². The SMILES string of the molecule is CC1(F)C=CC(n2c(-c3ccc(S(C)(=O)=O)cc3)coc2=O)=CC1. The first-order valence-corrected chi connectivity index (χ1v) is 9.16. The predicted octanol–water partition coefficient (Wildman–Crippen LogP) is 3.04. The number of benzene rings is 1. The summed E-state index contributed by atoms with van der Waals surface area (Å²) in [5.41, 5.74) is 0.175. The lowest BCUT2D eigenvalue weighted by atomic mass is 9.98. The van der Waals surface area contributed by atoms with Crippen molar-refractivity contribution >= 4 is 15.5 Å². The van der Waals surface area contributed by atoms with Crippen LogP contribution in [0.4, 0.5) is 4.39 Å². The number of rotatable bonds is 3. The first-order chi connectivity index (χ1) is 11.2. The average molecular weight is 349 g/mol. The topological polar surface area (TPSA) is 69.3 Å². The number of aromatic nitrogens is 1. The van der Waals surface area contributed by atoms with Crippen LogP contribution in [0.3, 0.4) is 0 Å². The minimum Gasteiger partial charge on any atom is -0.415 e. The van der Waals surface area contributed by atoms with Crippen LogP contribution in [0.15, 0.2) is 62.9 Å². The molecule has 2 aromatic rings. The van der Waals surface area contributed by atoms with E-state index in [0.717, 1.165) is 6.26 Å². The van der Waals surface area contributed by atoms with Crippen LogP contribution in [-0.2, 0) is 9.84 Å². The Bertz CT molecular complexity index is 992. The highest BCUT2D eigenvalue weighted by molar-refractivity contribution is 7.90. The molecule has 1 aliphatic rings. The number of hydrogen-bond acceptors (Lipinski definition) is 4. The van der Waals surface area contributed by atoms with Gasteiger partial charge in [-0.2, -0.15) is 0 Å². The second-order valence-electron chi connectivity index (χ2n) is 5.96. The summed E-state index contributed by atoms with van der Waals surface area (Å²) >= 11 is 0. The second-order valence-corrected chi connectivity index (χ2v) is 7.98. The summed E-state index contributed by atoms with van der Waals surface area (Å²) in [5, 5.41) is 0. The minimum absolute atomic E-state index is 0.156. The van der Waals surface area contributed by atoms with Crippen molar-refractivity contribution < 1.29 is 17.2 Å². The fraction of sp³-hybridized carbons (Fsp3) is 0.235. The van der Waals surface area contributed by atoms with Crippen LogP contribution in [0.25, 0.3) is 17.0 Å². The summed E-state index contributed by atoms with van der Waals surface area (Å²) < 4.78 is 43.2. The van der Waals surface area contributed by atoms with Gasteiger partial charge < -0.3 is 4.42 Å². The van der Waals surface area contributed by atoms with Gasteiger partial charge in [0.2, 0.25) is 0 Å². The zero-order valence-electron chi connectivity index (χ0n) is 13.2. The van der Waals surface area contributed by atoms with Gasteiger partial charge in [0.1, 0.15) is 11.9 Å². The molecule has 7 heteroatoms. The van der Waals surface area contributed by atoms with E-state index < -0.39 is 21.3 Å². The molecule has 0 saturated carbocycles. The van der Waals surface area contributed by atoms with E-state index in [1.807, 2.05) is 0 Å². The Morgan fingerprint density at radius 1 is 1.25 bits per heavy atom. The van der Waals surface area contributed by atoms with E-state index in [4.69, 9.17) is 4.42 Å². The summed E-state index contributed by atoms with van der Waals surface area (Å²) in [6.07, 6.45) is 7.15. The Balaban J connectivity index is 2.04. The molecule has 126 valence electrons. The Morgan fingerprint density at radius 3 is 2.46 bits per heavy atom. The zero-order chi connectivity index (χ0) is 17.5. The van der Waals surface area contributed by atoms with Gasteiger partial charge in [0.25, 0.3) is 0 Å². The lowest BCUT2D eigenvalue weighted by Gasteiger charge is -2.19. The molecule has 5 nitrogen and oxygen atoms in total. The maximum atomic E-state index is 13.9. The normalized spacial score (nSPS) is 20.9. The summed E-state index contributed by atoms with van der Waals surface area (Å²) in [6.45, 7) is 1.46. The van der Waals surface area contributed by atoms with Crippen molar-refractivity contribution in [2.75, 3.05) is 6.26 Å². The molecule has 3 rings (SSSR count). The Morgan fingerprint density at radius 2 is 1.92 bits per heavy atom. The van der Waals surface area contributed by atoms with Gasteiger partial charge in [-0.15, -0.1) is 0 Å². The molecule has 0 aliphatic heterocycles. The predicted molar refractivity (Wildman–Crippen MR) is 89.1 cm³/mol. The van der Waals surface area contributed by atoms with Crippen molar-refractivity contribution in [3.8, 4) is 11.3 Å². The smallest absolute Gasteiger partial charge is 0.415 e. The van der Waals surface area contributed by atoms with Crippen molar-refractivity contribution in [2.45, 2.75) is 23.9 Å². The lowest BCUT2D eigenvalue weighted by Crippen LogP contribution is -2.20. The molecule has 1 heterocycles. The Hall–Kier alpha value is -2.41. The fourth-order valence-electron chi connectivity index (χ4n) is 2.49. The summed E-state index contributed by atoms with van der Waals surface area (Å²) in [7, 11) is -3.30. The van der Waals surface area contributed by atoms with Crippen LogP contribution < -0.4 is 5.76 Å². The molecule has 1 aromatic carbocycles. The standard InChI is InChI=1S/C17H16FNO4S/c1-17(18)9-7-13(8-10-17)19-15(11-23-16(19)20)12-3-5-14(6-4-12)24(2,21)22/h3-9,11H,10H2,1-2H3. The summed E-state index contributed by atoms with van der Waals surface area (Å²) in [6, 6.07) is 6.14. The molecular formula is C17H16FNO4S. The molecular weight excluding hydrogens is 333 g/mol. The lowest BCUT2D eigenvalue weighted by molar-refractivity contribution is 0.260. The molecule has 1 unspecified atom stereocenters. The summed E-state index contributed by atoms with van der Waals surface area (Å²) in [4.78, 5) is 12.2. The maximum absolute atomic E-state index is 13.9. The van der Waals surface area contributed by atoms with Gasteiger partial charge in [-0.1, -0.05) is 18.2 Å². The van der Waals surface area contributed by atoms with Crippen molar-refractivity contribution in [1.82, 2.24) is 4.57 Å². The van der Waals surface area contributed by atoms with Gasteiger partial charge >= 0.3 is 5.76 Å². The molecule has 0 spiro atoms. The molecule has 0 fully saturated rings. The molecule has 0 bridgehead atoms. The largest absolute Gasteiger partial charge is 0.424 e. The van der Waals surface area contributed by atoms with Crippen molar-refractivity contribution in [1.29, 1.82) is 0 Å². The number of nitrogens with zero attached hydrogens (tertiary/aromatic N) is 1. The number of alkyl halides is 1. The average Bonchev–Trinajstić information content (AvgIpc) is 2.88. The first-order valence-electron chi connectivity index (χ1n) is 7.27. The minimum atomic E-state index is -3.30. The van der Waals surface area contributed by atoms with E-state index in [0.29, 0.717) is 17.0 Å². The van der Waals surface area contributed by atoms with Crippen molar-refractivity contribution in [3.63, 3.8) is 0 Å². The van der Waals surface area contributed by atoms with Crippen LogP contribution in [0, 0.1) is 0 Å². The summed E-state index contributed by atoms with van der Waals surface area (Å²) in [5.74, 6) is -0.587. The molecule has 0 N–H and O–H groups in total. The second kappa shape index (κ2) is 5.59. The number of hydrogen-bond donors (Lipinski definition) is 0. The monoisotopic (exact) mass is 349 g/mol. The number of allylic oxidation sites excluding steroid dienone is 4. The van der Waals surface area contributed by atoms with E-state index in [-0.39, 0.29) is 11.3 Å². The maximum Gasteiger partial charge on any atom is 0.424 e. The van der Waals surface area contributed by atoms with Crippen LogP contribution in [0.1, 0.15) is 13.3 Å². The van der Waals surface area contributed by atoms with Gasteiger partial charge in [-0.3, -0.25) is 0 Å². The van der Waals surface area contributed by atoms with Gasteiger partial charge in [-0.25, -0.2) is 22.2 Å². The van der Waals surface area contributed by atoms with Gasteiger partial charge in [0, 0.05) is 23.9 Å². The van der Waals surface area contributed by atoms with Gasteiger partial charge in [0.15, 0.2) is 9.84 Å². The highest BCUT2D eigenvalue weighted by Gasteiger charge is 2.23. The quantitative estimate of drug-likeness (QED) is 0.854. The fourth-order valence-corrected chi connectivity index (χ4v) is 3.12. The third-order valence-corrected chi connectivity index (χ3v) is 4.97.